The van der Waals surface area contributed by atoms with Gasteiger partial charge in [0.25, 0.3) is 15.9 Å². The second-order valence-corrected chi connectivity index (χ2v) is 8.48. The topological polar surface area (TPSA) is 98.2 Å². The van der Waals surface area contributed by atoms with E-state index in [9.17, 15) is 23.4 Å². The van der Waals surface area contributed by atoms with Crippen LogP contribution in [0.25, 0.3) is 0 Å². The van der Waals surface area contributed by atoms with E-state index in [1.54, 1.807) is 17.5 Å². The van der Waals surface area contributed by atoms with Crippen LogP contribution in [0.4, 0.5) is 0 Å². The summed E-state index contributed by atoms with van der Waals surface area (Å²) in [5.74, 6) is -0.746. The Morgan fingerprint density at radius 2 is 1.67 bits per heavy atom. The predicted octanol–water partition coefficient (Wildman–Crippen LogP) is 1.31. The van der Waals surface area contributed by atoms with Gasteiger partial charge >= 0.3 is 0 Å². The van der Waals surface area contributed by atoms with E-state index in [0.29, 0.717) is 4.21 Å². The lowest BCUT2D eigenvalue weighted by Gasteiger charge is -2.33. The average Bonchev–Trinajstić information content (AvgIpc) is 3.08. The molecule has 2 heterocycles. The van der Waals surface area contributed by atoms with Crippen LogP contribution in [0.15, 0.2) is 39.9 Å². The van der Waals surface area contributed by atoms with Gasteiger partial charge in [0.05, 0.1) is 0 Å². The number of carbonyl (C=O) groups is 1. The molecule has 24 heavy (non-hydrogen) atoms. The van der Waals surface area contributed by atoms with Crippen LogP contribution in [0.3, 0.4) is 0 Å². The molecule has 1 aliphatic rings. The lowest BCUT2D eigenvalue weighted by Crippen LogP contribution is -2.50. The van der Waals surface area contributed by atoms with Gasteiger partial charge in [0.15, 0.2) is 0 Å². The van der Waals surface area contributed by atoms with Gasteiger partial charge in [-0.15, -0.1) is 11.3 Å². The Balaban J connectivity index is 1.70. The zero-order chi connectivity index (χ0) is 17.3. The Morgan fingerprint density at radius 1 is 1.04 bits per heavy atom. The first kappa shape index (κ1) is 16.7. The number of benzene rings is 1. The molecule has 0 unspecified atom stereocenters. The Morgan fingerprint density at radius 3 is 2.21 bits per heavy atom. The molecule has 9 heteroatoms. The second kappa shape index (κ2) is 6.42. The van der Waals surface area contributed by atoms with Crippen molar-refractivity contribution >= 4 is 27.3 Å². The van der Waals surface area contributed by atoms with Gasteiger partial charge in [-0.2, -0.15) is 4.31 Å². The third kappa shape index (κ3) is 3.23. The summed E-state index contributed by atoms with van der Waals surface area (Å²) in [7, 11) is -3.51. The molecule has 1 aromatic carbocycles. The van der Waals surface area contributed by atoms with E-state index in [1.807, 2.05) is 0 Å². The van der Waals surface area contributed by atoms with E-state index >= 15 is 0 Å². The Kier molecular flexibility index (Phi) is 4.48. The first-order valence-corrected chi connectivity index (χ1v) is 9.56. The van der Waals surface area contributed by atoms with Crippen LogP contribution in [0.1, 0.15) is 10.4 Å². The first-order valence-electron chi connectivity index (χ1n) is 7.24. The fourth-order valence-corrected chi connectivity index (χ4v) is 5.14. The molecule has 1 amide bonds. The maximum atomic E-state index is 12.5. The number of amides is 1. The molecule has 0 radical (unpaired) electrons. The molecule has 0 aliphatic carbocycles. The molecule has 3 rings (SSSR count). The molecule has 0 bridgehead atoms. The zero-order valence-corrected chi connectivity index (χ0v) is 14.3. The van der Waals surface area contributed by atoms with Crippen LogP contribution >= 0.6 is 11.3 Å². The third-order valence-electron chi connectivity index (χ3n) is 3.76. The Hall–Kier alpha value is -2.10. The predicted molar refractivity (Wildman–Crippen MR) is 88.8 cm³/mol. The number of aromatic hydroxyl groups is 2. The quantitative estimate of drug-likeness (QED) is 0.851. The molecular formula is C15H16N2O5S2. The highest BCUT2D eigenvalue weighted by atomic mass is 32.2. The summed E-state index contributed by atoms with van der Waals surface area (Å²) in [5.41, 5.74) is 0.169. The van der Waals surface area contributed by atoms with Gasteiger partial charge in [0.2, 0.25) is 0 Å². The number of phenols is 2. The number of phenolic OH excluding ortho intramolecular Hbond substituents is 2. The van der Waals surface area contributed by atoms with E-state index in [0.717, 1.165) is 17.4 Å². The van der Waals surface area contributed by atoms with Crippen LogP contribution in [0.5, 0.6) is 11.5 Å². The van der Waals surface area contributed by atoms with Gasteiger partial charge in [-0.25, -0.2) is 8.42 Å². The fourth-order valence-electron chi connectivity index (χ4n) is 2.57. The summed E-state index contributed by atoms with van der Waals surface area (Å²) in [5, 5.41) is 20.7. The fraction of sp³-hybridized carbons (Fsp3) is 0.267. The minimum atomic E-state index is -3.51. The summed E-state index contributed by atoms with van der Waals surface area (Å²) in [4.78, 5) is 13.9. The standard InChI is InChI=1S/C15H16N2O5S2/c18-12-8-11(9-13(19)10-12)15(20)16-3-5-17(6-4-16)24(21,22)14-2-1-7-23-14/h1-2,7-10,18-19H,3-6H2. The number of carbonyl (C=O) groups excluding carboxylic acids is 1. The molecule has 128 valence electrons. The molecule has 1 saturated heterocycles. The summed E-state index contributed by atoms with van der Waals surface area (Å²) < 4.78 is 26.6. The summed E-state index contributed by atoms with van der Waals surface area (Å²) in [6.45, 7) is 0.910. The molecule has 0 saturated carbocycles. The number of hydrogen-bond acceptors (Lipinski definition) is 6. The summed E-state index contributed by atoms with van der Waals surface area (Å²) in [6, 6.07) is 6.94. The minimum Gasteiger partial charge on any atom is -0.508 e. The molecule has 1 aliphatic heterocycles. The van der Waals surface area contributed by atoms with Crippen molar-refractivity contribution in [3.63, 3.8) is 0 Å². The molecular weight excluding hydrogens is 352 g/mol. The summed E-state index contributed by atoms with van der Waals surface area (Å²) in [6.07, 6.45) is 0. The molecule has 7 nitrogen and oxygen atoms in total. The number of thiophene rings is 1. The third-order valence-corrected chi connectivity index (χ3v) is 7.04. The van der Waals surface area contributed by atoms with Gasteiger partial charge < -0.3 is 15.1 Å². The van der Waals surface area contributed by atoms with Gasteiger partial charge in [-0.05, 0) is 23.6 Å². The van der Waals surface area contributed by atoms with Crippen molar-refractivity contribution < 1.29 is 23.4 Å². The van der Waals surface area contributed by atoms with Crippen molar-refractivity contribution in [2.75, 3.05) is 26.2 Å². The monoisotopic (exact) mass is 368 g/mol. The van der Waals surface area contributed by atoms with Crippen LogP contribution in [0.2, 0.25) is 0 Å². The zero-order valence-electron chi connectivity index (χ0n) is 12.6. The highest BCUT2D eigenvalue weighted by Gasteiger charge is 2.31. The van der Waals surface area contributed by atoms with Crippen molar-refractivity contribution in [1.29, 1.82) is 0 Å². The van der Waals surface area contributed by atoms with E-state index < -0.39 is 10.0 Å². The minimum absolute atomic E-state index is 0.169. The van der Waals surface area contributed by atoms with E-state index in [4.69, 9.17) is 0 Å². The second-order valence-electron chi connectivity index (χ2n) is 5.37. The lowest BCUT2D eigenvalue weighted by atomic mass is 10.1. The van der Waals surface area contributed by atoms with E-state index in [-0.39, 0.29) is 49.1 Å². The molecule has 1 aromatic heterocycles. The molecule has 0 atom stereocenters. The average molecular weight is 368 g/mol. The number of rotatable bonds is 3. The van der Waals surface area contributed by atoms with Crippen molar-refractivity contribution in [2.24, 2.45) is 0 Å². The van der Waals surface area contributed by atoms with Crippen molar-refractivity contribution in [2.45, 2.75) is 4.21 Å². The van der Waals surface area contributed by atoms with Crippen molar-refractivity contribution in [1.82, 2.24) is 9.21 Å². The van der Waals surface area contributed by atoms with Crippen LogP contribution in [-0.4, -0.2) is 59.9 Å². The van der Waals surface area contributed by atoms with E-state index in [2.05, 4.69) is 0 Å². The smallest absolute Gasteiger partial charge is 0.254 e. The van der Waals surface area contributed by atoms with Crippen molar-refractivity contribution in [3.05, 3.63) is 41.3 Å². The molecule has 1 fully saturated rings. The maximum Gasteiger partial charge on any atom is 0.254 e. The summed E-state index contributed by atoms with van der Waals surface area (Å²) >= 11 is 1.16. The number of sulfonamides is 1. The van der Waals surface area contributed by atoms with Gasteiger partial charge in [-0.1, -0.05) is 6.07 Å². The Labute approximate surface area is 143 Å². The highest BCUT2D eigenvalue weighted by molar-refractivity contribution is 7.91. The van der Waals surface area contributed by atoms with Crippen LogP contribution in [-0.2, 0) is 10.0 Å². The molecule has 2 aromatic rings. The van der Waals surface area contributed by atoms with Gasteiger partial charge in [0.1, 0.15) is 15.7 Å². The molecule has 2 N–H and O–H groups in total. The molecule has 0 spiro atoms. The van der Waals surface area contributed by atoms with Gasteiger partial charge in [0, 0.05) is 37.8 Å². The lowest BCUT2D eigenvalue weighted by molar-refractivity contribution is 0.0697. The van der Waals surface area contributed by atoms with E-state index in [1.165, 1.54) is 21.3 Å². The maximum absolute atomic E-state index is 12.5. The van der Waals surface area contributed by atoms with Crippen molar-refractivity contribution in [3.8, 4) is 11.5 Å². The number of hydrogen-bond donors (Lipinski definition) is 2. The number of nitrogens with zero attached hydrogens (tertiary/aromatic N) is 2. The number of piperazine rings is 1. The first-order chi connectivity index (χ1) is 11.4. The SMILES string of the molecule is O=C(c1cc(O)cc(O)c1)N1CCN(S(=O)(=O)c2cccs2)CC1. The van der Waals surface area contributed by atoms with Crippen LogP contribution < -0.4 is 0 Å². The largest absolute Gasteiger partial charge is 0.508 e. The Bertz CT molecular complexity index is 821. The normalized spacial score (nSPS) is 16.2. The van der Waals surface area contributed by atoms with Gasteiger partial charge in [-0.3, -0.25) is 4.79 Å². The highest BCUT2D eigenvalue weighted by Crippen LogP contribution is 2.24. The van der Waals surface area contributed by atoms with Crippen LogP contribution in [0, 0.1) is 0 Å².